The van der Waals surface area contributed by atoms with Crippen LogP contribution in [0.4, 0.5) is 11.4 Å². The van der Waals surface area contributed by atoms with Crippen molar-refractivity contribution in [3.63, 3.8) is 0 Å². The number of rotatable bonds is 4. The number of carbonyl (C=O) groups excluding carboxylic acids is 1. The van der Waals surface area contributed by atoms with Crippen LogP contribution in [0.2, 0.25) is 0 Å². The van der Waals surface area contributed by atoms with Crippen LogP contribution in [0.1, 0.15) is 30.9 Å². The highest BCUT2D eigenvalue weighted by atomic mass is 16.1. The molecule has 0 aromatic heterocycles. The monoisotopic (exact) mass is 280 g/mol. The highest BCUT2D eigenvalue weighted by Gasteiger charge is 1.99. The summed E-state index contributed by atoms with van der Waals surface area (Å²) in [6, 6.07) is 15.3. The molecule has 0 heterocycles. The SMILES string of the molecule is CC(C)c1ccc(/C=C/C(=O)Nc2ccc(N)cc2)cc1. The van der Waals surface area contributed by atoms with Crippen molar-refractivity contribution in [1.82, 2.24) is 0 Å². The van der Waals surface area contributed by atoms with Crippen LogP contribution in [0.25, 0.3) is 6.08 Å². The molecule has 2 aromatic rings. The molecule has 21 heavy (non-hydrogen) atoms. The standard InChI is InChI=1S/C18H20N2O/c1-13(2)15-6-3-14(4-7-15)5-12-18(21)20-17-10-8-16(19)9-11-17/h3-13H,19H2,1-2H3,(H,20,21)/b12-5+. The molecule has 0 aliphatic rings. The summed E-state index contributed by atoms with van der Waals surface area (Å²) >= 11 is 0. The number of hydrogen-bond acceptors (Lipinski definition) is 2. The second-order valence-corrected chi connectivity index (χ2v) is 5.27. The first-order chi connectivity index (χ1) is 10.0. The Morgan fingerprint density at radius 2 is 1.67 bits per heavy atom. The van der Waals surface area contributed by atoms with E-state index < -0.39 is 0 Å². The normalized spacial score (nSPS) is 11.0. The summed E-state index contributed by atoms with van der Waals surface area (Å²) in [5.41, 5.74) is 9.30. The van der Waals surface area contributed by atoms with Gasteiger partial charge in [-0.05, 0) is 47.4 Å². The van der Waals surface area contributed by atoms with Crippen LogP contribution in [-0.4, -0.2) is 5.91 Å². The van der Waals surface area contributed by atoms with Gasteiger partial charge in [0.1, 0.15) is 0 Å². The number of nitrogens with two attached hydrogens (primary N) is 1. The van der Waals surface area contributed by atoms with Gasteiger partial charge < -0.3 is 11.1 Å². The molecule has 1 amide bonds. The first kappa shape index (κ1) is 14.9. The molecule has 0 aliphatic carbocycles. The van der Waals surface area contributed by atoms with Crippen LogP contribution in [0.15, 0.2) is 54.6 Å². The molecule has 0 saturated carbocycles. The van der Waals surface area contributed by atoms with E-state index in [1.165, 1.54) is 11.6 Å². The van der Waals surface area contributed by atoms with E-state index in [0.717, 1.165) is 11.3 Å². The minimum Gasteiger partial charge on any atom is -0.399 e. The van der Waals surface area contributed by atoms with E-state index in [-0.39, 0.29) is 5.91 Å². The number of carbonyl (C=O) groups is 1. The van der Waals surface area contributed by atoms with Gasteiger partial charge in [0.05, 0.1) is 0 Å². The molecule has 2 aromatic carbocycles. The van der Waals surface area contributed by atoms with Crippen LogP contribution in [0, 0.1) is 0 Å². The highest BCUT2D eigenvalue weighted by molar-refractivity contribution is 6.01. The van der Waals surface area contributed by atoms with E-state index in [1.807, 2.05) is 12.1 Å². The minimum atomic E-state index is -0.160. The molecular formula is C18H20N2O. The molecule has 0 spiro atoms. The van der Waals surface area contributed by atoms with Gasteiger partial charge in [-0.1, -0.05) is 38.1 Å². The third-order valence-corrected chi connectivity index (χ3v) is 3.21. The Hall–Kier alpha value is -2.55. The van der Waals surface area contributed by atoms with Crippen molar-refractivity contribution in [2.45, 2.75) is 19.8 Å². The Kier molecular flexibility index (Phi) is 4.77. The van der Waals surface area contributed by atoms with Crippen LogP contribution >= 0.6 is 0 Å². The predicted octanol–water partition coefficient (Wildman–Crippen LogP) is 4.04. The summed E-state index contributed by atoms with van der Waals surface area (Å²) in [6.45, 7) is 4.32. The van der Waals surface area contributed by atoms with Crippen molar-refractivity contribution in [3.05, 3.63) is 65.7 Å². The zero-order valence-corrected chi connectivity index (χ0v) is 12.3. The van der Waals surface area contributed by atoms with Crippen molar-refractivity contribution in [1.29, 1.82) is 0 Å². The molecule has 0 aliphatic heterocycles. The minimum absolute atomic E-state index is 0.160. The fourth-order valence-corrected chi connectivity index (χ4v) is 1.91. The number of hydrogen-bond donors (Lipinski definition) is 2. The third kappa shape index (κ3) is 4.49. The Bertz CT molecular complexity index is 625. The van der Waals surface area contributed by atoms with E-state index in [0.29, 0.717) is 11.6 Å². The Morgan fingerprint density at radius 1 is 1.05 bits per heavy atom. The lowest BCUT2D eigenvalue weighted by atomic mass is 10.0. The summed E-state index contributed by atoms with van der Waals surface area (Å²) < 4.78 is 0. The van der Waals surface area contributed by atoms with Crippen molar-refractivity contribution >= 4 is 23.4 Å². The number of nitrogens with one attached hydrogen (secondary N) is 1. The zero-order chi connectivity index (χ0) is 15.2. The van der Waals surface area contributed by atoms with Crippen molar-refractivity contribution < 1.29 is 4.79 Å². The van der Waals surface area contributed by atoms with Gasteiger partial charge in [0, 0.05) is 17.5 Å². The molecule has 0 unspecified atom stereocenters. The lowest BCUT2D eigenvalue weighted by molar-refractivity contribution is -0.111. The molecule has 108 valence electrons. The summed E-state index contributed by atoms with van der Waals surface area (Å²) in [4.78, 5) is 11.8. The van der Waals surface area contributed by atoms with Crippen molar-refractivity contribution in [2.75, 3.05) is 11.1 Å². The van der Waals surface area contributed by atoms with E-state index >= 15 is 0 Å². The second-order valence-electron chi connectivity index (χ2n) is 5.27. The molecule has 0 radical (unpaired) electrons. The molecule has 0 bridgehead atoms. The Labute approximate surface area is 125 Å². The van der Waals surface area contributed by atoms with Crippen LogP contribution in [0.3, 0.4) is 0 Å². The maximum atomic E-state index is 11.8. The van der Waals surface area contributed by atoms with Gasteiger partial charge in [0.15, 0.2) is 0 Å². The van der Waals surface area contributed by atoms with Crippen molar-refractivity contribution in [2.24, 2.45) is 0 Å². The van der Waals surface area contributed by atoms with Gasteiger partial charge in [-0.15, -0.1) is 0 Å². The van der Waals surface area contributed by atoms with E-state index in [1.54, 1.807) is 30.3 Å². The van der Waals surface area contributed by atoms with E-state index in [4.69, 9.17) is 5.73 Å². The summed E-state index contributed by atoms with van der Waals surface area (Å²) in [7, 11) is 0. The topological polar surface area (TPSA) is 55.1 Å². The lowest BCUT2D eigenvalue weighted by Gasteiger charge is -2.05. The van der Waals surface area contributed by atoms with E-state index in [2.05, 4.69) is 31.3 Å². The van der Waals surface area contributed by atoms with Crippen LogP contribution in [-0.2, 0) is 4.79 Å². The molecule has 2 rings (SSSR count). The van der Waals surface area contributed by atoms with Crippen molar-refractivity contribution in [3.8, 4) is 0 Å². The average molecular weight is 280 g/mol. The van der Waals surface area contributed by atoms with Gasteiger partial charge in [0.25, 0.3) is 0 Å². The second kappa shape index (κ2) is 6.75. The zero-order valence-electron chi connectivity index (χ0n) is 12.3. The van der Waals surface area contributed by atoms with Gasteiger partial charge in [0.2, 0.25) is 5.91 Å². The number of amides is 1. The number of anilines is 2. The van der Waals surface area contributed by atoms with Gasteiger partial charge in [-0.2, -0.15) is 0 Å². The molecule has 3 nitrogen and oxygen atoms in total. The van der Waals surface area contributed by atoms with E-state index in [9.17, 15) is 4.79 Å². The Balaban J connectivity index is 1.96. The molecule has 0 saturated heterocycles. The fraction of sp³-hybridized carbons (Fsp3) is 0.167. The first-order valence-electron chi connectivity index (χ1n) is 6.99. The molecular weight excluding hydrogens is 260 g/mol. The molecule has 3 heteroatoms. The largest absolute Gasteiger partial charge is 0.399 e. The first-order valence-corrected chi connectivity index (χ1v) is 6.99. The summed E-state index contributed by atoms with van der Waals surface area (Å²) in [6.07, 6.45) is 3.33. The fourth-order valence-electron chi connectivity index (χ4n) is 1.91. The summed E-state index contributed by atoms with van der Waals surface area (Å²) in [5, 5.41) is 2.79. The maximum Gasteiger partial charge on any atom is 0.248 e. The maximum absolute atomic E-state index is 11.8. The summed E-state index contributed by atoms with van der Waals surface area (Å²) in [5.74, 6) is 0.351. The molecule has 0 atom stereocenters. The average Bonchev–Trinajstić information content (AvgIpc) is 2.48. The number of benzene rings is 2. The predicted molar refractivity (Wildman–Crippen MR) is 89.0 cm³/mol. The molecule has 3 N–H and O–H groups in total. The van der Waals surface area contributed by atoms with Crippen LogP contribution in [0.5, 0.6) is 0 Å². The smallest absolute Gasteiger partial charge is 0.248 e. The third-order valence-electron chi connectivity index (χ3n) is 3.21. The quantitative estimate of drug-likeness (QED) is 0.656. The van der Waals surface area contributed by atoms with Crippen LogP contribution < -0.4 is 11.1 Å². The van der Waals surface area contributed by atoms with Gasteiger partial charge >= 0.3 is 0 Å². The number of nitrogen functional groups attached to an aromatic ring is 1. The van der Waals surface area contributed by atoms with Gasteiger partial charge in [-0.25, -0.2) is 0 Å². The molecule has 0 fully saturated rings. The Morgan fingerprint density at radius 3 is 2.24 bits per heavy atom. The lowest BCUT2D eigenvalue weighted by Crippen LogP contribution is -2.07. The highest BCUT2D eigenvalue weighted by Crippen LogP contribution is 2.15. The van der Waals surface area contributed by atoms with Gasteiger partial charge in [-0.3, -0.25) is 4.79 Å².